The summed E-state index contributed by atoms with van der Waals surface area (Å²) in [5.41, 5.74) is 3.37. The minimum atomic E-state index is -3.91. The molecule has 0 aliphatic heterocycles. The molecule has 3 aromatic rings. The quantitative estimate of drug-likeness (QED) is 0.742. The summed E-state index contributed by atoms with van der Waals surface area (Å²) in [5.74, 6) is 0.442. The van der Waals surface area contributed by atoms with E-state index in [0.29, 0.717) is 17.7 Å². The number of sulfonamides is 1. The number of carbonyl (C=O) groups excluding carboxylic acids is 1. The second-order valence-corrected chi connectivity index (χ2v) is 8.23. The Bertz CT molecular complexity index is 1150. The molecule has 7 nitrogen and oxygen atoms in total. The van der Waals surface area contributed by atoms with Gasteiger partial charge in [0.15, 0.2) is 0 Å². The van der Waals surface area contributed by atoms with Gasteiger partial charge in [-0.05, 0) is 49.2 Å². The predicted molar refractivity (Wildman–Crippen MR) is 104 cm³/mol. The number of imidazole rings is 1. The van der Waals surface area contributed by atoms with E-state index in [1.165, 1.54) is 11.0 Å². The third-order valence-electron chi connectivity index (χ3n) is 4.78. The molecule has 1 heterocycles. The monoisotopic (exact) mass is 386 g/mol. The lowest BCUT2D eigenvalue weighted by Gasteiger charge is -2.18. The molecule has 0 fully saturated rings. The molecule has 0 aliphatic carbocycles. The normalized spacial score (nSPS) is 11.7. The van der Waals surface area contributed by atoms with Crippen molar-refractivity contribution in [3.05, 3.63) is 58.9 Å². The van der Waals surface area contributed by atoms with E-state index < -0.39 is 10.0 Å². The van der Waals surface area contributed by atoms with Gasteiger partial charge in [0.2, 0.25) is 10.0 Å². The van der Waals surface area contributed by atoms with Crippen LogP contribution in [0.3, 0.4) is 0 Å². The lowest BCUT2D eigenvalue weighted by atomic mass is 10.1. The van der Waals surface area contributed by atoms with Crippen LogP contribution in [0.5, 0.6) is 0 Å². The van der Waals surface area contributed by atoms with Crippen LogP contribution in [0.25, 0.3) is 11.0 Å². The standard InChI is InChI=1S/C19H22N4O3S/c1-12-9-14(10-17(13(12)2)27(20,25)26)19(24)22(3)11-18-21-15-7-5-6-8-16(15)23(18)4/h5-10H,11H2,1-4H3,(H2,20,25,26). The van der Waals surface area contributed by atoms with E-state index in [0.717, 1.165) is 16.9 Å². The van der Waals surface area contributed by atoms with Gasteiger partial charge in [-0.2, -0.15) is 0 Å². The van der Waals surface area contributed by atoms with Gasteiger partial charge in [-0.1, -0.05) is 12.1 Å². The molecule has 8 heteroatoms. The highest BCUT2D eigenvalue weighted by Gasteiger charge is 2.20. The summed E-state index contributed by atoms with van der Waals surface area (Å²) in [7, 11) is -0.347. The first-order chi connectivity index (χ1) is 12.6. The highest BCUT2D eigenvalue weighted by atomic mass is 32.2. The number of fused-ring (bicyclic) bond motifs is 1. The molecular weight excluding hydrogens is 364 g/mol. The minimum Gasteiger partial charge on any atom is -0.334 e. The molecule has 27 heavy (non-hydrogen) atoms. The first-order valence-corrected chi connectivity index (χ1v) is 9.94. The van der Waals surface area contributed by atoms with Crippen molar-refractivity contribution >= 4 is 27.0 Å². The van der Waals surface area contributed by atoms with Crippen molar-refractivity contribution in [2.45, 2.75) is 25.3 Å². The van der Waals surface area contributed by atoms with Crippen LogP contribution in [0, 0.1) is 13.8 Å². The summed E-state index contributed by atoms with van der Waals surface area (Å²) >= 11 is 0. The highest BCUT2D eigenvalue weighted by Crippen LogP contribution is 2.22. The lowest BCUT2D eigenvalue weighted by molar-refractivity contribution is 0.0780. The molecule has 1 aromatic heterocycles. The van der Waals surface area contributed by atoms with E-state index in [1.54, 1.807) is 27.0 Å². The van der Waals surface area contributed by atoms with E-state index in [9.17, 15) is 13.2 Å². The molecule has 0 aliphatic rings. The van der Waals surface area contributed by atoms with Crippen molar-refractivity contribution < 1.29 is 13.2 Å². The van der Waals surface area contributed by atoms with Crippen LogP contribution < -0.4 is 5.14 Å². The molecule has 0 radical (unpaired) electrons. The molecule has 1 amide bonds. The number of hydrogen-bond donors (Lipinski definition) is 1. The number of aromatic nitrogens is 2. The Labute approximate surface area is 158 Å². The maximum atomic E-state index is 12.9. The largest absolute Gasteiger partial charge is 0.334 e. The number of hydrogen-bond acceptors (Lipinski definition) is 4. The van der Waals surface area contributed by atoms with Gasteiger partial charge in [0.1, 0.15) is 5.82 Å². The van der Waals surface area contributed by atoms with Gasteiger partial charge < -0.3 is 9.47 Å². The molecule has 2 aromatic carbocycles. The Hall–Kier alpha value is -2.71. The number of aryl methyl sites for hydroxylation is 2. The minimum absolute atomic E-state index is 0.0259. The van der Waals surface area contributed by atoms with Crippen molar-refractivity contribution in [2.24, 2.45) is 12.2 Å². The van der Waals surface area contributed by atoms with Crippen molar-refractivity contribution in [3.8, 4) is 0 Å². The van der Waals surface area contributed by atoms with Crippen LogP contribution in [0.15, 0.2) is 41.3 Å². The number of nitrogens with zero attached hydrogens (tertiary/aromatic N) is 3. The summed E-state index contributed by atoms with van der Waals surface area (Å²) in [4.78, 5) is 18.9. The summed E-state index contributed by atoms with van der Waals surface area (Å²) in [6.07, 6.45) is 0. The molecule has 0 saturated carbocycles. The zero-order valence-corrected chi connectivity index (χ0v) is 16.5. The molecule has 0 bridgehead atoms. The fourth-order valence-electron chi connectivity index (χ4n) is 3.09. The Morgan fingerprint density at radius 2 is 1.89 bits per heavy atom. The number of carbonyl (C=O) groups is 1. The van der Waals surface area contributed by atoms with E-state index in [-0.39, 0.29) is 16.4 Å². The Morgan fingerprint density at radius 1 is 1.22 bits per heavy atom. The second kappa shape index (κ2) is 6.79. The molecule has 142 valence electrons. The fraction of sp³-hybridized carbons (Fsp3) is 0.263. The maximum Gasteiger partial charge on any atom is 0.254 e. The molecule has 3 rings (SSSR count). The van der Waals surface area contributed by atoms with Gasteiger partial charge in [-0.3, -0.25) is 4.79 Å². The Balaban J connectivity index is 1.93. The van der Waals surface area contributed by atoms with Crippen LogP contribution in [0.1, 0.15) is 27.3 Å². The van der Waals surface area contributed by atoms with Gasteiger partial charge >= 0.3 is 0 Å². The average Bonchev–Trinajstić information content (AvgIpc) is 2.91. The smallest absolute Gasteiger partial charge is 0.254 e. The van der Waals surface area contributed by atoms with Crippen LogP contribution >= 0.6 is 0 Å². The zero-order chi connectivity index (χ0) is 19.9. The average molecular weight is 386 g/mol. The first kappa shape index (κ1) is 19.1. The first-order valence-electron chi connectivity index (χ1n) is 8.39. The number of primary sulfonamides is 1. The van der Waals surface area contributed by atoms with Crippen molar-refractivity contribution in [2.75, 3.05) is 7.05 Å². The number of rotatable bonds is 4. The van der Waals surface area contributed by atoms with Gasteiger partial charge in [-0.15, -0.1) is 0 Å². The van der Waals surface area contributed by atoms with Crippen molar-refractivity contribution in [1.82, 2.24) is 14.5 Å². The molecule has 0 spiro atoms. The van der Waals surface area contributed by atoms with E-state index in [2.05, 4.69) is 4.98 Å². The Morgan fingerprint density at radius 3 is 2.52 bits per heavy atom. The molecule has 0 saturated heterocycles. The number of nitrogens with two attached hydrogens (primary N) is 1. The summed E-state index contributed by atoms with van der Waals surface area (Å²) in [6, 6.07) is 10.8. The van der Waals surface area contributed by atoms with Crippen LogP contribution in [-0.4, -0.2) is 35.8 Å². The van der Waals surface area contributed by atoms with Crippen LogP contribution in [-0.2, 0) is 23.6 Å². The van der Waals surface area contributed by atoms with Gasteiger partial charge in [0.25, 0.3) is 5.91 Å². The lowest BCUT2D eigenvalue weighted by Crippen LogP contribution is -2.28. The van der Waals surface area contributed by atoms with Crippen LogP contribution in [0.2, 0.25) is 0 Å². The topological polar surface area (TPSA) is 98.3 Å². The SMILES string of the molecule is Cc1cc(C(=O)N(C)Cc2nc3ccccc3n2C)cc(S(N)(=O)=O)c1C. The second-order valence-electron chi connectivity index (χ2n) is 6.70. The molecule has 2 N–H and O–H groups in total. The van der Waals surface area contributed by atoms with E-state index >= 15 is 0 Å². The maximum absolute atomic E-state index is 12.9. The number of benzene rings is 2. The van der Waals surface area contributed by atoms with Gasteiger partial charge in [0, 0.05) is 19.7 Å². The molecule has 0 unspecified atom stereocenters. The number of amides is 1. The summed E-state index contributed by atoms with van der Waals surface area (Å²) in [6.45, 7) is 3.72. The van der Waals surface area contributed by atoms with E-state index in [1.807, 2.05) is 35.9 Å². The van der Waals surface area contributed by atoms with Gasteiger partial charge in [-0.25, -0.2) is 18.5 Å². The third-order valence-corrected chi connectivity index (χ3v) is 5.82. The molecule has 0 atom stereocenters. The summed E-state index contributed by atoms with van der Waals surface area (Å²) < 4.78 is 25.6. The van der Waals surface area contributed by atoms with Crippen LogP contribution in [0.4, 0.5) is 0 Å². The van der Waals surface area contributed by atoms with E-state index in [4.69, 9.17) is 5.14 Å². The molecular formula is C19H22N4O3S. The Kier molecular flexibility index (Phi) is 4.79. The predicted octanol–water partition coefficient (Wildman–Crippen LogP) is 2.11. The fourth-order valence-corrected chi connectivity index (χ4v) is 3.97. The zero-order valence-electron chi connectivity index (χ0n) is 15.7. The number of para-hydroxylation sites is 2. The summed E-state index contributed by atoms with van der Waals surface area (Å²) in [5, 5.41) is 5.29. The van der Waals surface area contributed by atoms with Gasteiger partial charge in [0.05, 0.1) is 22.5 Å². The van der Waals surface area contributed by atoms with Crippen molar-refractivity contribution in [1.29, 1.82) is 0 Å². The highest BCUT2D eigenvalue weighted by molar-refractivity contribution is 7.89. The third kappa shape index (κ3) is 3.58. The van der Waals surface area contributed by atoms with Crippen molar-refractivity contribution in [3.63, 3.8) is 0 Å².